The predicted octanol–water partition coefficient (Wildman–Crippen LogP) is 5.43. The van der Waals surface area contributed by atoms with E-state index in [1.54, 1.807) is 42.5 Å². The van der Waals surface area contributed by atoms with E-state index in [2.05, 4.69) is 33.9 Å². The van der Waals surface area contributed by atoms with E-state index in [-0.39, 0.29) is 22.6 Å². The smallest absolute Gasteiger partial charge is 0.264 e. The van der Waals surface area contributed by atoms with Crippen LogP contribution in [0.1, 0.15) is 35.7 Å². The van der Waals surface area contributed by atoms with Gasteiger partial charge >= 0.3 is 0 Å². The van der Waals surface area contributed by atoms with Crippen molar-refractivity contribution in [1.29, 1.82) is 0 Å². The molecule has 2 heterocycles. The molecule has 1 aliphatic rings. The summed E-state index contributed by atoms with van der Waals surface area (Å²) in [4.78, 5) is 21.6. The number of benzene rings is 3. The van der Waals surface area contributed by atoms with Gasteiger partial charge in [-0.15, -0.1) is 0 Å². The monoisotopic (exact) mass is 486 g/mol. The summed E-state index contributed by atoms with van der Waals surface area (Å²) in [6.45, 7) is 4.14. The molecule has 176 valence electrons. The van der Waals surface area contributed by atoms with E-state index in [1.807, 2.05) is 24.3 Å². The molecule has 3 aromatic carbocycles. The molecule has 0 radical (unpaired) electrons. The third kappa shape index (κ3) is 4.71. The fraction of sp³-hybridized carbons (Fsp3) is 0.115. The van der Waals surface area contributed by atoms with Crippen LogP contribution in [0.5, 0.6) is 11.6 Å². The van der Waals surface area contributed by atoms with E-state index < -0.39 is 15.9 Å². The molecule has 0 atom stereocenters. The minimum Gasteiger partial charge on any atom is -0.439 e. The van der Waals surface area contributed by atoms with Crippen LogP contribution in [0.3, 0.4) is 0 Å². The molecule has 8 nitrogen and oxygen atoms in total. The van der Waals surface area contributed by atoms with E-state index >= 15 is 0 Å². The number of nitrogens with one attached hydrogen (secondary N) is 2. The predicted molar refractivity (Wildman–Crippen MR) is 133 cm³/mol. The number of hydrogen-bond donors (Lipinski definition) is 2. The summed E-state index contributed by atoms with van der Waals surface area (Å²) < 4.78 is 34.7. The molecule has 0 unspecified atom stereocenters. The second-order valence-corrected chi connectivity index (χ2v) is 10.1. The van der Waals surface area contributed by atoms with Crippen molar-refractivity contribution in [1.82, 2.24) is 9.97 Å². The first-order valence-corrected chi connectivity index (χ1v) is 12.5. The highest BCUT2D eigenvalue weighted by Crippen LogP contribution is 2.32. The average Bonchev–Trinajstić information content (AvgIpc) is 2.83. The fourth-order valence-electron chi connectivity index (χ4n) is 3.84. The van der Waals surface area contributed by atoms with Gasteiger partial charge in [-0.05, 0) is 47.9 Å². The van der Waals surface area contributed by atoms with Crippen LogP contribution in [-0.2, 0) is 10.0 Å². The summed E-state index contributed by atoms with van der Waals surface area (Å²) in [5, 5.41) is 2.72. The molecule has 0 spiro atoms. The minimum atomic E-state index is -4.05. The zero-order chi connectivity index (χ0) is 24.6. The highest BCUT2D eigenvalue weighted by atomic mass is 32.2. The third-order valence-corrected chi connectivity index (χ3v) is 6.83. The molecular weight excluding hydrogens is 464 g/mol. The molecule has 0 saturated heterocycles. The lowest BCUT2D eigenvalue weighted by Gasteiger charge is -2.16. The SMILES string of the molecule is CC(C)c1ccccc1-c1cc2nc(n1)NS(=O)(=O)c1cccc(c1)NC(=O)c1cccc(c1)O2. The van der Waals surface area contributed by atoms with Crippen LogP contribution in [0.2, 0.25) is 0 Å². The van der Waals surface area contributed by atoms with Gasteiger partial charge in [-0.25, -0.2) is 18.1 Å². The maximum absolute atomic E-state index is 13.2. The number of rotatable bonds is 2. The number of amides is 1. The van der Waals surface area contributed by atoms with Crippen LogP contribution in [0.4, 0.5) is 11.6 Å². The molecule has 0 saturated carbocycles. The molecule has 0 fully saturated rings. The van der Waals surface area contributed by atoms with Gasteiger partial charge in [-0.2, -0.15) is 4.98 Å². The van der Waals surface area contributed by atoms with Crippen molar-refractivity contribution in [3.05, 3.63) is 90.0 Å². The Morgan fingerprint density at radius 2 is 1.69 bits per heavy atom. The quantitative estimate of drug-likeness (QED) is 0.391. The fourth-order valence-corrected chi connectivity index (χ4v) is 4.83. The lowest BCUT2D eigenvalue weighted by Crippen LogP contribution is -2.17. The molecule has 0 aliphatic carbocycles. The lowest BCUT2D eigenvalue weighted by atomic mass is 9.95. The number of ether oxygens (including phenoxy) is 1. The van der Waals surface area contributed by atoms with Gasteiger partial charge in [0.05, 0.1) is 10.6 Å². The maximum atomic E-state index is 13.2. The second-order valence-electron chi connectivity index (χ2n) is 8.37. The molecule has 1 aliphatic heterocycles. The van der Waals surface area contributed by atoms with Crippen LogP contribution in [0, 0.1) is 0 Å². The standard InChI is InChI=1S/C26H22N4O4S/c1-16(2)21-11-3-4-12-22(21)23-15-24-29-26(28-23)30-35(32,33)20-10-6-8-18(14-20)27-25(31)17-7-5-9-19(13-17)34-24/h3-16H,1-2H3,(H,27,31)(H,28,29,30). The topological polar surface area (TPSA) is 110 Å². The molecule has 1 amide bonds. The van der Waals surface area contributed by atoms with Gasteiger partial charge in [0.15, 0.2) is 0 Å². The molecule has 4 aromatic rings. The average molecular weight is 487 g/mol. The lowest BCUT2D eigenvalue weighted by molar-refractivity contribution is 0.102. The van der Waals surface area contributed by atoms with Gasteiger partial charge in [0.1, 0.15) is 5.75 Å². The third-order valence-electron chi connectivity index (χ3n) is 5.51. The van der Waals surface area contributed by atoms with Gasteiger partial charge in [-0.1, -0.05) is 50.2 Å². The minimum absolute atomic E-state index is 0.0415. The Hall–Kier alpha value is -4.24. The summed E-state index contributed by atoms with van der Waals surface area (Å²) in [6, 6.07) is 22.0. The maximum Gasteiger partial charge on any atom is 0.264 e. The van der Waals surface area contributed by atoms with E-state index in [9.17, 15) is 13.2 Å². The number of carbonyl (C=O) groups excluding carboxylic acids is 1. The van der Waals surface area contributed by atoms with Crippen LogP contribution in [0.25, 0.3) is 11.3 Å². The number of fused-ring (bicyclic) bond motifs is 6. The summed E-state index contributed by atoms with van der Waals surface area (Å²) in [7, 11) is -4.05. The summed E-state index contributed by atoms with van der Waals surface area (Å²) in [5.74, 6) is 0.193. The van der Waals surface area contributed by atoms with Gasteiger partial charge < -0.3 is 10.1 Å². The number of anilines is 2. The first-order valence-electron chi connectivity index (χ1n) is 11.0. The van der Waals surface area contributed by atoms with Crippen LogP contribution < -0.4 is 14.8 Å². The Balaban J connectivity index is 1.71. The zero-order valence-electron chi connectivity index (χ0n) is 19.0. The van der Waals surface area contributed by atoms with E-state index in [1.165, 1.54) is 12.1 Å². The van der Waals surface area contributed by atoms with Gasteiger partial charge in [0, 0.05) is 22.9 Å². The first kappa shape index (κ1) is 22.5. The van der Waals surface area contributed by atoms with Crippen molar-refractivity contribution < 1.29 is 17.9 Å². The Morgan fingerprint density at radius 3 is 2.51 bits per heavy atom. The van der Waals surface area contributed by atoms with Crippen LogP contribution >= 0.6 is 0 Å². The summed E-state index contributed by atoms with van der Waals surface area (Å²) in [5.41, 5.74) is 3.08. The van der Waals surface area contributed by atoms with Gasteiger partial charge in [-0.3, -0.25) is 4.79 Å². The van der Waals surface area contributed by atoms with E-state index in [0.29, 0.717) is 22.7 Å². The molecule has 6 bridgehead atoms. The van der Waals surface area contributed by atoms with Crippen molar-refractivity contribution in [2.45, 2.75) is 24.7 Å². The Kier molecular flexibility index (Phi) is 5.70. The summed E-state index contributed by atoms with van der Waals surface area (Å²) >= 11 is 0. The van der Waals surface area contributed by atoms with Crippen LogP contribution in [0.15, 0.2) is 83.8 Å². The molecule has 35 heavy (non-hydrogen) atoms. The number of carbonyl (C=O) groups is 1. The van der Waals surface area contributed by atoms with Crippen molar-refractivity contribution >= 4 is 27.6 Å². The number of aromatic nitrogens is 2. The van der Waals surface area contributed by atoms with Crippen molar-refractivity contribution in [2.24, 2.45) is 0 Å². The van der Waals surface area contributed by atoms with E-state index in [4.69, 9.17) is 4.74 Å². The Labute approximate surface area is 203 Å². The van der Waals surface area contributed by atoms with E-state index in [0.717, 1.165) is 11.1 Å². The van der Waals surface area contributed by atoms with Crippen molar-refractivity contribution in [3.63, 3.8) is 0 Å². The van der Waals surface area contributed by atoms with Gasteiger partial charge in [0.2, 0.25) is 11.8 Å². The Bertz CT molecular complexity index is 1550. The van der Waals surface area contributed by atoms with Crippen molar-refractivity contribution in [3.8, 4) is 22.9 Å². The zero-order valence-corrected chi connectivity index (χ0v) is 19.8. The normalized spacial score (nSPS) is 14.3. The molecule has 5 rings (SSSR count). The summed E-state index contributed by atoms with van der Waals surface area (Å²) in [6.07, 6.45) is 0. The Morgan fingerprint density at radius 1 is 0.886 bits per heavy atom. The molecule has 1 aromatic heterocycles. The largest absolute Gasteiger partial charge is 0.439 e. The number of hydrogen-bond acceptors (Lipinski definition) is 6. The molecule has 9 heteroatoms. The van der Waals surface area contributed by atoms with Crippen LogP contribution in [-0.4, -0.2) is 24.3 Å². The number of sulfonamides is 1. The van der Waals surface area contributed by atoms with Crippen molar-refractivity contribution in [2.75, 3.05) is 10.0 Å². The molecule has 2 N–H and O–H groups in total. The highest BCUT2D eigenvalue weighted by Gasteiger charge is 2.21. The number of nitrogens with zero attached hydrogens (tertiary/aromatic N) is 2. The first-order chi connectivity index (χ1) is 16.8. The highest BCUT2D eigenvalue weighted by molar-refractivity contribution is 7.92. The second kappa shape index (κ2) is 8.84. The molecular formula is C26H22N4O4S. The van der Waals surface area contributed by atoms with Gasteiger partial charge in [0.25, 0.3) is 15.9 Å².